The average Bonchev–Trinajstić information content (AvgIpc) is 2.34. The van der Waals surface area contributed by atoms with Crippen LogP contribution < -0.4 is 4.74 Å². The Morgan fingerprint density at radius 3 is 2.47 bits per heavy atom. The van der Waals surface area contributed by atoms with Gasteiger partial charge < -0.3 is 4.74 Å². The van der Waals surface area contributed by atoms with Gasteiger partial charge in [-0.25, -0.2) is 0 Å². The summed E-state index contributed by atoms with van der Waals surface area (Å²) in [5.41, 5.74) is 2.39. The van der Waals surface area contributed by atoms with Gasteiger partial charge in [-0.3, -0.25) is 4.79 Å². The number of hydrogen-bond donors (Lipinski definition) is 0. The van der Waals surface area contributed by atoms with Crippen molar-refractivity contribution in [3.8, 4) is 5.75 Å². The predicted molar refractivity (Wildman–Crippen MR) is 79.8 cm³/mol. The van der Waals surface area contributed by atoms with Crippen molar-refractivity contribution in [3.05, 3.63) is 29.3 Å². The van der Waals surface area contributed by atoms with Crippen LogP contribution in [0.1, 0.15) is 52.2 Å². The van der Waals surface area contributed by atoms with Crippen LogP contribution in [-0.4, -0.2) is 12.4 Å². The molecule has 1 aromatic rings. The number of aryl methyl sites for hydroxylation is 1. The van der Waals surface area contributed by atoms with Crippen molar-refractivity contribution in [1.82, 2.24) is 0 Å². The molecule has 0 saturated carbocycles. The monoisotopic (exact) mass is 262 g/mol. The summed E-state index contributed by atoms with van der Waals surface area (Å²) in [4.78, 5) is 11.9. The molecule has 0 radical (unpaired) electrons. The summed E-state index contributed by atoms with van der Waals surface area (Å²) < 4.78 is 5.75. The van der Waals surface area contributed by atoms with Crippen LogP contribution in [0.3, 0.4) is 0 Å². The van der Waals surface area contributed by atoms with Crippen molar-refractivity contribution in [3.63, 3.8) is 0 Å². The minimum atomic E-state index is 0.0147. The largest absolute Gasteiger partial charge is 0.486 e. The first-order valence-electron chi connectivity index (χ1n) is 7.02. The highest BCUT2D eigenvalue weighted by Gasteiger charge is 2.20. The van der Waals surface area contributed by atoms with Gasteiger partial charge in [-0.15, -0.1) is 0 Å². The van der Waals surface area contributed by atoms with E-state index in [0.29, 0.717) is 0 Å². The molecule has 106 valence electrons. The second-order valence-electron chi connectivity index (χ2n) is 6.31. The molecular formula is C17H26O2. The minimum absolute atomic E-state index is 0.0147. The molecule has 0 aliphatic rings. The van der Waals surface area contributed by atoms with Crippen LogP contribution in [0.2, 0.25) is 0 Å². The highest BCUT2D eigenvalue weighted by Crippen LogP contribution is 2.32. The zero-order chi connectivity index (χ0) is 14.6. The maximum absolute atomic E-state index is 11.9. The number of carbonyl (C=O) groups excluding carboxylic acids is 1. The molecule has 1 rings (SSSR count). The maximum Gasteiger partial charge on any atom is 0.172 e. The van der Waals surface area contributed by atoms with E-state index in [2.05, 4.69) is 33.8 Å². The van der Waals surface area contributed by atoms with Crippen LogP contribution in [0.15, 0.2) is 18.2 Å². The van der Waals surface area contributed by atoms with Crippen LogP contribution in [0.25, 0.3) is 0 Å². The molecule has 0 bridgehead atoms. The Morgan fingerprint density at radius 2 is 1.95 bits per heavy atom. The molecule has 2 heteroatoms. The summed E-state index contributed by atoms with van der Waals surface area (Å²) in [7, 11) is 0. The van der Waals surface area contributed by atoms with Crippen molar-refractivity contribution >= 4 is 5.78 Å². The van der Waals surface area contributed by atoms with E-state index in [9.17, 15) is 4.79 Å². The number of Topliss-reactive ketones (excluding diaryl/α,β-unsaturated/α-hetero) is 1. The molecule has 1 unspecified atom stereocenters. The summed E-state index contributed by atoms with van der Waals surface area (Å²) in [6.45, 7) is 12.7. The number of benzene rings is 1. The van der Waals surface area contributed by atoms with Crippen molar-refractivity contribution in [1.29, 1.82) is 0 Å². The maximum atomic E-state index is 11.9. The Bertz CT molecular complexity index is 441. The molecule has 19 heavy (non-hydrogen) atoms. The molecule has 0 heterocycles. The van der Waals surface area contributed by atoms with E-state index < -0.39 is 0 Å². The van der Waals surface area contributed by atoms with Crippen LogP contribution in [0.5, 0.6) is 5.75 Å². The van der Waals surface area contributed by atoms with Crippen molar-refractivity contribution in [2.24, 2.45) is 5.92 Å². The summed E-state index contributed by atoms with van der Waals surface area (Å²) in [5.74, 6) is 1.07. The van der Waals surface area contributed by atoms with E-state index in [0.717, 1.165) is 17.7 Å². The Labute approximate surface area is 117 Å². The van der Waals surface area contributed by atoms with Crippen molar-refractivity contribution in [2.75, 3.05) is 6.61 Å². The average molecular weight is 262 g/mol. The van der Waals surface area contributed by atoms with Crippen LogP contribution in [0.4, 0.5) is 0 Å². The molecule has 0 aliphatic heterocycles. The number of ether oxygens (including phenoxy) is 1. The standard InChI is InChI=1S/C17H26O2/c1-7-13(3)15(18)11-19-16-9-8-12(2)10-14(16)17(4,5)6/h8-10,13H,7,11H2,1-6H3. The Kier molecular flexibility index (Phi) is 5.16. The summed E-state index contributed by atoms with van der Waals surface area (Å²) in [6, 6.07) is 6.14. The summed E-state index contributed by atoms with van der Waals surface area (Å²) >= 11 is 0. The third kappa shape index (κ3) is 4.38. The highest BCUT2D eigenvalue weighted by molar-refractivity contribution is 5.82. The van der Waals surface area contributed by atoms with Crippen LogP contribution in [0, 0.1) is 12.8 Å². The van der Waals surface area contributed by atoms with Crippen LogP contribution >= 0.6 is 0 Å². The quantitative estimate of drug-likeness (QED) is 0.791. The predicted octanol–water partition coefficient (Wildman–Crippen LogP) is 4.29. The minimum Gasteiger partial charge on any atom is -0.486 e. The number of hydrogen-bond acceptors (Lipinski definition) is 2. The molecule has 0 saturated heterocycles. The molecule has 0 aromatic heterocycles. The SMILES string of the molecule is CCC(C)C(=O)COc1ccc(C)cc1C(C)(C)C. The fourth-order valence-corrected chi connectivity index (χ4v) is 1.87. The zero-order valence-electron chi connectivity index (χ0n) is 13.0. The Balaban J connectivity index is 2.87. The fourth-order valence-electron chi connectivity index (χ4n) is 1.87. The summed E-state index contributed by atoms with van der Waals surface area (Å²) in [5, 5.41) is 0. The molecule has 0 N–H and O–H groups in total. The first kappa shape index (κ1) is 15.7. The van der Waals surface area contributed by atoms with Gasteiger partial charge in [0.15, 0.2) is 5.78 Å². The second kappa shape index (κ2) is 6.23. The lowest BCUT2D eigenvalue weighted by molar-refractivity contribution is -0.124. The van der Waals surface area contributed by atoms with E-state index in [4.69, 9.17) is 4.74 Å². The molecule has 0 aliphatic carbocycles. The van der Waals surface area contributed by atoms with Gasteiger partial charge in [-0.05, 0) is 30.4 Å². The first-order valence-corrected chi connectivity index (χ1v) is 7.02. The smallest absolute Gasteiger partial charge is 0.172 e. The van der Waals surface area contributed by atoms with E-state index in [1.54, 1.807) is 0 Å². The van der Waals surface area contributed by atoms with Gasteiger partial charge in [0.05, 0.1) is 0 Å². The number of carbonyl (C=O) groups is 1. The molecule has 1 atom stereocenters. The van der Waals surface area contributed by atoms with Gasteiger partial charge in [-0.1, -0.05) is 52.3 Å². The van der Waals surface area contributed by atoms with E-state index in [1.807, 2.05) is 26.0 Å². The Morgan fingerprint density at radius 1 is 1.32 bits per heavy atom. The lowest BCUT2D eigenvalue weighted by Gasteiger charge is -2.23. The fraction of sp³-hybridized carbons (Fsp3) is 0.588. The Hall–Kier alpha value is -1.31. The normalized spacial score (nSPS) is 13.2. The third-order valence-corrected chi connectivity index (χ3v) is 3.48. The first-order chi connectivity index (χ1) is 8.75. The number of rotatable bonds is 5. The molecule has 0 spiro atoms. The van der Waals surface area contributed by atoms with Gasteiger partial charge in [0, 0.05) is 5.92 Å². The zero-order valence-corrected chi connectivity index (χ0v) is 13.0. The van der Waals surface area contributed by atoms with Gasteiger partial charge in [0.1, 0.15) is 12.4 Å². The molecule has 1 aromatic carbocycles. The molecule has 2 nitrogen and oxygen atoms in total. The van der Waals surface area contributed by atoms with E-state index in [1.165, 1.54) is 5.56 Å². The van der Waals surface area contributed by atoms with Gasteiger partial charge >= 0.3 is 0 Å². The lowest BCUT2D eigenvalue weighted by Crippen LogP contribution is -2.20. The molecule has 0 amide bonds. The van der Waals surface area contributed by atoms with E-state index in [-0.39, 0.29) is 23.7 Å². The van der Waals surface area contributed by atoms with Crippen molar-refractivity contribution < 1.29 is 9.53 Å². The van der Waals surface area contributed by atoms with Crippen LogP contribution in [-0.2, 0) is 10.2 Å². The third-order valence-electron chi connectivity index (χ3n) is 3.48. The molecule has 0 fully saturated rings. The van der Waals surface area contributed by atoms with Gasteiger partial charge in [-0.2, -0.15) is 0 Å². The van der Waals surface area contributed by atoms with Crippen molar-refractivity contribution in [2.45, 2.75) is 53.4 Å². The summed E-state index contributed by atoms with van der Waals surface area (Å²) in [6.07, 6.45) is 0.863. The molecular weight excluding hydrogens is 236 g/mol. The highest BCUT2D eigenvalue weighted by atomic mass is 16.5. The van der Waals surface area contributed by atoms with E-state index >= 15 is 0 Å². The lowest BCUT2D eigenvalue weighted by atomic mass is 9.85. The second-order valence-corrected chi connectivity index (χ2v) is 6.31. The topological polar surface area (TPSA) is 26.3 Å². The van der Waals surface area contributed by atoms with Gasteiger partial charge in [0.25, 0.3) is 0 Å². The van der Waals surface area contributed by atoms with Gasteiger partial charge in [0.2, 0.25) is 0 Å². The number of ketones is 1.